The van der Waals surface area contributed by atoms with Crippen molar-refractivity contribution in [3.05, 3.63) is 35.4 Å². The van der Waals surface area contributed by atoms with E-state index in [2.05, 4.69) is 5.32 Å². The highest BCUT2D eigenvalue weighted by Gasteiger charge is 2.05. The van der Waals surface area contributed by atoms with Crippen LogP contribution in [0.4, 0.5) is 0 Å². The van der Waals surface area contributed by atoms with Gasteiger partial charge in [0.15, 0.2) is 0 Å². The molecule has 1 amide bonds. The van der Waals surface area contributed by atoms with Crippen LogP contribution in [0.15, 0.2) is 24.3 Å². The van der Waals surface area contributed by atoms with Crippen LogP contribution >= 0.6 is 0 Å². The molecule has 1 rings (SSSR count). The minimum Gasteiger partial charge on any atom is -0.462 e. The van der Waals surface area contributed by atoms with Crippen molar-refractivity contribution in [2.24, 2.45) is 0 Å². The molecule has 0 radical (unpaired) electrons. The second-order valence-electron chi connectivity index (χ2n) is 3.33. The van der Waals surface area contributed by atoms with Gasteiger partial charge in [-0.15, -0.1) is 0 Å². The fourth-order valence-electron chi connectivity index (χ4n) is 1.20. The van der Waals surface area contributed by atoms with E-state index in [-0.39, 0.29) is 11.9 Å². The number of carbonyl (C=O) groups excluding carboxylic acids is 2. The number of ether oxygens (including phenoxy) is 1. The topological polar surface area (TPSA) is 55.4 Å². The summed E-state index contributed by atoms with van der Waals surface area (Å²) in [5, 5.41) is 2.68. The summed E-state index contributed by atoms with van der Waals surface area (Å²) in [6.45, 7) is 4.07. The van der Waals surface area contributed by atoms with Crippen LogP contribution in [0.5, 0.6) is 0 Å². The van der Waals surface area contributed by atoms with Crippen LogP contribution in [0.25, 0.3) is 0 Å². The lowest BCUT2D eigenvalue weighted by atomic mass is 10.1. The first-order valence-corrected chi connectivity index (χ1v) is 5.14. The molecule has 0 aliphatic heterocycles. The van der Waals surface area contributed by atoms with E-state index >= 15 is 0 Å². The highest BCUT2D eigenvalue weighted by molar-refractivity contribution is 5.89. The molecule has 4 nitrogen and oxygen atoms in total. The van der Waals surface area contributed by atoms with Crippen molar-refractivity contribution in [3.63, 3.8) is 0 Å². The van der Waals surface area contributed by atoms with Crippen molar-refractivity contribution in [3.8, 4) is 0 Å². The van der Waals surface area contributed by atoms with Crippen LogP contribution in [0.1, 0.15) is 29.8 Å². The number of esters is 1. The predicted molar refractivity (Wildman–Crippen MR) is 59.9 cm³/mol. The SMILES string of the molecule is CCOC(=O)c1ccc(CNC(C)=O)cc1. The van der Waals surface area contributed by atoms with E-state index in [1.54, 1.807) is 31.2 Å². The monoisotopic (exact) mass is 221 g/mol. The van der Waals surface area contributed by atoms with Crippen LogP contribution in [0, 0.1) is 0 Å². The van der Waals surface area contributed by atoms with Gasteiger partial charge in [0.05, 0.1) is 12.2 Å². The molecule has 0 aromatic heterocycles. The molecular formula is C12H15NO3. The smallest absolute Gasteiger partial charge is 0.338 e. The standard InChI is InChI=1S/C12H15NO3/c1-3-16-12(15)11-6-4-10(5-7-11)8-13-9(2)14/h4-7H,3,8H2,1-2H3,(H,13,14). The number of hydrogen-bond acceptors (Lipinski definition) is 3. The molecule has 0 spiro atoms. The molecule has 0 bridgehead atoms. The summed E-state index contributed by atoms with van der Waals surface area (Å²) in [5.41, 5.74) is 1.47. The molecule has 1 N–H and O–H groups in total. The van der Waals surface area contributed by atoms with Gasteiger partial charge in [0, 0.05) is 13.5 Å². The molecule has 0 saturated heterocycles. The minimum absolute atomic E-state index is 0.0746. The fourth-order valence-corrected chi connectivity index (χ4v) is 1.20. The molecule has 0 saturated carbocycles. The zero-order valence-electron chi connectivity index (χ0n) is 9.45. The largest absolute Gasteiger partial charge is 0.462 e. The maximum absolute atomic E-state index is 11.3. The minimum atomic E-state index is -0.325. The summed E-state index contributed by atoms with van der Waals surface area (Å²) >= 11 is 0. The third-order valence-electron chi connectivity index (χ3n) is 2.01. The Hall–Kier alpha value is -1.84. The van der Waals surface area contributed by atoms with Gasteiger partial charge in [-0.25, -0.2) is 4.79 Å². The average molecular weight is 221 g/mol. The van der Waals surface area contributed by atoms with E-state index in [0.29, 0.717) is 18.7 Å². The normalized spacial score (nSPS) is 9.62. The Morgan fingerprint density at radius 3 is 2.38 bits per heavy atom. The van der Waals surface area contributed by atoms with E-state index < -0.39 is 0 Å². The van der Waals surface area contributed by atoms with Gasteiger partial charge in [0.25, 0.3) is 0 Å². The first kappa shape index (κ1) is 12.2. The molecule has 4 heteroatoms. The molecule has 0 unspecified atom stereocenters. The average Bonchev–Trinajstić information content (AvgIpc) is 2.27. The summed E-state index contributed by atoms with van der Waals surface area (Å²) in [6.07, 6.45) is 0. The molecule has 0 aliphatic rings. The first-order chi connectivity index (χ1) is 7.63. The maximum Gasteiger partial charge on any atom is 0.338 e. The van der Waals surface area contributed by atoms with E-state index in [1.165, 1.54) is 6.92 Å². The van der Waals surface area contributed by atoms with Crippen LogP contribution < -0.4 is 5.32 Å². The second-order valence-corrected chi connectivity index (χ2v) is 3.33. The second kappa shape index (κ2) is 5.90. The van der Waals surface area contributed by atoms with E-state index in [4.69, 9.17) is 4.74 Å². The summed E-state index contributed by atoms with van der Waals surface area (Å²) in [6, 6.07) is 6.97. The molecule has 16 heavy (non-hydrogen) atoms. The molecule has 0 heterocycles. The van der Waals surface area contributed by atoms with Gasteiger partial charge in [0.1, 0.15) is 0 Å². The Bertz CT molecular complexity index is 370. The summed E-state index contributed by atoms with van der Waals surface area (Å²) in [5.74, 6) is -0.400. The van der Waals surface area contributed by atoms with Gasteiger partial charge >= 0.3 is 5.97 Å². The maximum atomic E-state index is 11.3. The molecule has 86 valence electrons. The van der Waals surface area contributed by atoms with Crippen LogP contribution in [-0.4, -0.2) is 18.5 Å². The van der Waals surface area contributed by atoms with Gasteiger partial charge < -0.3 is 10.1 Å². The Morgan fingerprint density at radius 1 is 1.25 bits per heavy atom. The quantitative estimate of drug-likeness (QED) is 0.784. The number of benzene rings is 1. The van der Waals surface area contributed by atoms with Gasteiger partial charge in [-0.3, -0.25) is 4.79 Å². The fraction of sp³-hybridized carbons (Fsp3) is 0.333. The van der Waals surface area contributed by atoms with Crippen molar-refractivity contribution in [1.29, 1.82) is 0 Å². The Labute approximate surface area is 94.6 Å². The Kier molecular flexibility index (Phi) is 4.51. The third-order valence-corrected chi connectivity index (χ3v) is 2.01. The van der Waals surface area contributed by atoms with Crippen molar-refractivity contribution < 1.29 is 14.3 Å². The molecule has 0 fully saturated rings. The van der Waals surface area contributed by atoms with Crippen molar-refractivity contribution >= 4 is 11.9 Å². The number of amides is 1. The van der Waals surface area contributed by atoms with Crippen LogP contribution in [-0.2, 0) is 16.1 Å². The van der Waals surface area contributed by atoms with Crippen molar-refractivity contribution in [2.75, 3.05) is 6.61 Å². The first-order valence-electron chi connectivity index (χ1n) is 5.14. The van der Waals surface area contributed by atoms with E-state index in [1.807, 2.05) is 0 Å². The lowest BCUT2D eigenvalue weighted by Crippen LogP contribution is -2.18. The van der Waals surface area contributed by atoms with Crippen LogP contribution in [0.3, 0.4) is 0 Å². The third kappa shape index (κ3) is 3.73. The molecule has 0 aliphatic carbocycles. The van der Waals surface area contributed by atoms with Gasteiger partial charge in [-0.2, -0.15) is 0 Å². The lowest BCUT2D eigenvalue weighted by molar-refractivity contribution is -0.119. The Morgan fingerprint density at radius 2 is 1.88 bits per heavy atom. The van der Waals surface area contributed by atoms with Gasteiger partial charge in [-0.05, 0) is 24.6 Å². The van der Waals surface area contributed by atoms with Crippen molar-refractivity contribution in [1.82, 2.24) is 5.32 Å². The van der Waals surface area contributed by atoms with Gasteiger partial charge in [0.2, 0.25) is 5.91 Å². The van der Waals surface area contributed by atoms with E-state index in [0.717, 1.165) is 5.56 Å². The van der Waals surface area contributed by atoms with Crippen LogP contribution in [0.2, 0.25) is 0 Å². The summed E-state index contributed by atoms with van der Waals surface area (Å²) in [7, 11) is 0. The number of rotatable bonds is 4. The highest BCUT2D eigenvalue weighted by atomic mass is 16.5. The molecule has 1 aromatic rings. The Balaban J connectivity index is 2.60. The number of hydrogen-bond donors (Lipinski definition) is 1. The summed E-state index contributed by atoms with van der Waals surface area (Å²) < 4.78 is 4.86. The lowest BCUT2D eigenvalue weighted by Gasteiger charge is -2.04. The van der Waals surface area contributed by atoms with E-state index in [9.17, 15) is 9.59 Å². The number of nitrogens with one attached hydrogen (secondary N) is 1. The molecule has 0 atom stereocenters. The molecule has 1 aromatic carbocycles. The predicted octanol–water partition coefficient (Wildman–Crippen LogP) is 1.50. The summed E-state index contributed by atoms with van der Waals surface area (Å²) in [4.78, 5) is 22.0. The van der Waals surface area contributed by atoms with Gasteiger partial charge in [-0.1, -0.05) is 12.1 Å². The zero-order valence-corrected chi connectivity index (χ0v) is 9.45. The molecular weight excluding hydrogens is 206 g/mol. The highest BCUT2D eigenvalue weighted by Crippen LogP contribution is 2.05. The zero-order chi connectivity index (χ0) is 12.0. The van der Waals surface area contributed by atoms with Crippen molar-refractivity contribution in [2.45, 2.75) is 20.4 Å². The number of carbonyl (C=O) groups is 2.